The minimum Gasteiger partial charge on any atom is -0.481 e. The number of fused-ring (bicyclic) bond motifs is 1. The Hall–Kier alpha value is -2.97. The van der Waals surface area contributed by atoms with Gasteiger partial charge in [-0.25, -0.2) is 0 Å². The van der Waals surface area contributed by atoms with E-state index in [0.717, 1.165) is 0 Å². The van der Waals surface area contributed by atoms with Gasteiger partial charge in [0.15, 0.2) is 5.69 Å². The van der Waals surface area contributed by atoms with Crippen molar-refractivity contribution >= 4 is 28.5 Å². The number of carboxylic acid groups (broad SMARTS) is 1. The summed E-state index contributed by atoms with van der Waals surface area (Å²) in [6.45, 7) is 3.58. The van der Waals surface area contributed by atoms with Gasteiger partial charge < -0.3 is 10.4 Å². The second-order valence-electron chi connectivity index (χ2n) is 5.57. The molecule has 0 saturated carbocycles. The van der Waals surface area contributed by atoms with Crippen molar-refractivity contribution in [3.8, 4) is 0 Å². The van der Waals surface area contributed by atoms with Gasteiger partial charge in [-0.2, -0.15) is 5.10 Å². The van der Waals surface area contributed by atoms with Gasteiger partial charge in [0.05, 0.1) is 22.4 Å². The van der Waals surface area contributed by atoms with Crippen LogP contribution in [-0.2, 0) is 4.79 Å². The van der Waals surface area contributed by atoms with Crippen LogP contribution in [0.25, 0.3) is 10.9 Å². The lowest BCUT2D eigenvalue weighted by molar-refractivity contribution is -0.384. The summed E-state index contributed by atoms with van der Waals surface area (Å²) in [5, 5.41) is 29.6. The van der Waals surface area contributed by atoms with Gasteiger partial charge in [0, 0.05) is 17.5 Å². The third-order valence-electron chi connectivity index (χ3n) is 4.19. The fourth-order valence-electron chi connectivity index (χ4n) is 2.60. The molecule has 128 valence electrons. The molecular formula is C15H18N4O5. The molecule has 24 heavy (non-hydrogen) atoms. The standard InChI is InChI=1S/C15H18N4O5/c1-3-15(4-2,8-12(20)21)16-14(22)13-10-7-9(19(23)24)5-6-11(10)17-18-13/h5-7H,3-4,8H2,1-2H3,(H,16,22)(H,17,18)(H,20,21). The highest BCUT2D eigenvalue weighted by Crippen LogP contribution is 2.24. The molecule has 1 amide bonds. The van der Waals surface area contributed by atoms with Crippen LogP contribution < -0.4 is 5.32 Å². The number of nitro benzene ring substituents is 1. The molecule has 0 atom stereocenters. The van der Waals surface area contributed by atoms with Gasteiger partial charge in [-0.15, -0.1) is 0 Å². The van der Waals surface area contributed by atoms with E-state index in [4.69, 9.17) is 5.11 Å². The number of hydrogen-bond donors (Lipinski definition) is 3. The summed E-state index contributed by atoms with van der Waals surface area (Å²) in [7, 11) is 0. The molecule has 0 saturated heterocycles. The van der Waals surface area contributed by atoms with Crippen LogP contribution in [-0.4, -0.2) is 37.6 Å². The maximum absolute atomic E-state index is 12.6. The summed E-state index contributed by atoms with van der Waals surface area (Å²) in [6.07, 6.45) is 0.655. The van der Waals surface area contributed by atoms with Crippen LogP contribution >= 0.6 is 0 Å². The minimum absolute atomic E-state index is 0.00497. The van der Waals surface area contributed by atoms with Gasteiger partial charge in [-0.1, -0.05) is 13.8 Å². The van der Waals surface area contributed by atoms with Crippen molar-refractivity contribution in [3.63, 3.8) is 0 Å². The highest BCUT2D eigenvalue weighted by atomic mass is 16.6. The molecular weight excluding hydrogens is 316 g/mol. The lowest BCUT2D eigenvalue weighted by Gasteiger charge is -2.31. The molecule has 1 aromatic heterocycles. The first-order valence-electron chi connectivity index (χ1n) is 7.48. The van der Waals surface area contributed by atoms with Crippen LogP contribution in [0, 0.1) is 10.1 Å². The molecule has 1 heterocycles. The normalized spacial score (nSPS) is 11.4. The van der Waals surface area contributed by atoms with Crippen molar-refractivity contribution < 1.29 is 19.6 Å². The highest BCUT2D eigenvalue weighted by Gasteiger charge is 2.32. The molecule has 0 spiro atoms. The van der Waals surface area contributed by atoms with E-state index >= 15 is 0 Å². The summed E-state index contributed by atoms with van der Waals surface area (Å²) in [4.78, 5) is 34.0. The van der Waals surface area contributed by atoms with Crippen LogP contribution in [0.3, 0.4) is 0 Å². The number of aromatic amines is 1. The Morgan fingerprint density at radius 1 is 1.38 bits per heavy atom. The molecule has 0 bridgehead atoms. The van der Waals surface area contributed by atoms with Crippen LogP contribution in [0.1, 0.15) is 43.6 Å². The lowest BCUT2D eigenvalue weighted by atomic mass is 9.88. The molecule has 9 heteroatoms. The number of amides is 1. The second-order valence-corrected chi connectivity index (χ2v) is 5.57. The average molecular weight is 334 g/mol. The van der Waals surface area contributed by atoms with Crippen LogP contribution in [0.15, 0.2) is 18.2 Å². The molecule has 0 aliphatic carbocycles. The van der Waals surface area contributed by atoms with Crippen molar-refractivity contribution in [3.05, 3.63) is 34.0 Å². The number of carbonyl (C=O) groups is 2. The highest BCUT2D eigenvalue weighted by molar-refractivity contribution is 6.05. The molecule has 1 aromatic carbocycles. The van der Waals surface area contributed by atoms with Gasteiger partial charge in [0.2, 0.25) is 0 Å². The summed E-state index contributed by atoms with van der Waals surface area (Å²) in [5.74, 6) is -1.58. The van der Waals surface area contributed by atoms with Crippen molar-refractivity contribution in [1.82, 2.24) is 15.5 Å². The number of aliphatic carboxylic acids is 1. The molecule has 0 unspecified atom stereocenters. The Balaban J connectivity index is 2.38. The molecule has 3 N–H and O–H groups in total. The van der Waals surface area contributed by atoms with Crippen molar-refractivity contribution in [2.45, 2.75) is 38.6 Å². The number of benzene rings is 1. The number of nitrogens with zero attached hydrogens (tertiary/aromatic N) is 2. The first-order valence-corrected chi connectivity index (χ1v) is 7.48. The van der Waals surface area contributed by atoms with Crippen LogP contribution in [0.4, 0.5) is 5.69 Å². The quantitative estimate of drug-likeness (QED) is 0.524. The number of hydrogen-bond acceptors (Lipinski definition) is 5. The fourth-order valence-corrected chi connectivity index (χ4v) is 2.60. The van der Waals surface area contributed by atoms with Gasteiger partial charge in [0.25, 0.3) is 11.6 Å². The van der Waals surface area contributed by atoms with E-state index in [1.54, 1.807) is 13.8 Å². The van der Waals surface area contributed by atoms with E-state index in [-0.39, 0.29) is 17.8 Å². The van der Waals surface area contributed by atoms with E-state index in [1.807, 2.05) is 0 Å². The molecule has 0 fully saturated rings. The molecule has 2 rings (SSSR count). The molecule has 0 radical (unpaired) electrons. The van der Waals surface area contributed by atoms with Crippen molar-refractivity contribution in [2.24, 2.45) is 0 Å². The van der Waals surface area contributed by atoms with Gasteiger partial charge in [-0.05, 0) is 18.9 Å². The summed E-state index contributed by atoms with van der Waals surface area (Å²) >= 11 is 0. The zero-order valence-corrected chi connectivity index (χ0v) is 13.3. The average Bonchev–Trinajstić information content (AvgIpc) is 2.96. The Morgan fingerprint density at radius 2 is 2.04 bits per heavy atom. The molecule has 0 aliphatic heterocycles. The lowest BCUT2D eigenvalue weighted by Crippen LogP contribution is -2.49. The van der Waals surface area contributed by atoms with E-state index in [1.165, 1.54) is 18.2 Å². The summed E-state index contributed by atoms with van der Waals surface area (Å²) < 4.78 is 0. The molecule has 0 aliphatic rings. The fraction of sp³-hybridized carbons (Fsp3) is 0.400. The SMILES string of the molecule is CCC(CC)(CC(=O)O)NC(=O)c1n[nH]c2ccc([N+](=O)[O-])cc12. The van der Waals surface area contributed by atoms with Gasteiger partial charge >= 0.3 is 5.97 Å². The zero-order valence-electron chi connectivity index (χ0n) is 13.3. The number of carboxylic acids is 1. The Morgan fingerprint density at radius 3 is 2.58 bits per heavy atom. The third-order valence-corrected chi connectivity index (χ3v) is 4.19. The number of non-ortho nitro benzene ring substituents is 1. The van der Waals surface area contributed by atoms with E-state index in [9.17, 15) is 19.7 Å². The molecule has 9 nitrogen and oxygen atoms in total. The van der Waals surface area contributed by atoms with Crippen LogP contribution in [0.5, 0.6) is 0 Å². The summed E-state index contributed by atoms with van der Waals surface area (Å²) in [6, 6.07) is 4.06. The van der Waals surface area contributed by atoms with E-state index in [0.29, 0.717) is 23.7 Å². The maximum Gasteiger partial charge on any atom is 0.305 e. The smallest absolute Gasteiger partial charge is 0.305 e. The first kappa shape index (κ1) is 17.4. The van der Waals surface area contributed by atoms with E-state index < -0.39 is 22.3 Å². The van der Waals surface area contributed by atoms with Gasteiger partial charge in [-0.3, -0.25) is 24.8 Å². The number of rotatable bonds is 7. The number of carbonyl (C=O) groups excluding carboxylic acids is 1. The second kappa shape index (κ2) is 6.65. The topological polar surface area (TPSA) is 138 Å². The number of aromatic nitrogens is 2. The number of nitro groups is 1. The third kappa shape index (κ3) is 3.34. The summed E-state index contributed by atoms with van der Waals surface area (Å²) in [5.41, 5.74) is -0.553. The predicted octanol–water partition coefficient (Wildman–Crippen LogP) is 2.23. The largest absolute Gasteiger partial charge is 0.481 e. The van der Waals surface area contributed by atoms with Crippen molar-refractivity contribution in [2.75, 3.05) is 0 Å². The number of nitrogens with one attached hydrogen (secondary N) is 2. The van der Waals surface area contributed by atoms with Crippen molar-refractivity contribution in [1.29, 1.82) is 0 Å². The predicted molar refractivity (Wildman–Crippen MR) is 85.8 cm³/mol. The Labute approximate surface area is 137 Å². The monoisotopic (exact) mass is 334 g/mol. The minimum atomic E-state index is -1.01. The maximum atomic E-state index is 12.6. The first-order chi connectivity index (χ1) is 11.3. The number of H-pyrrole nitrogens is 1. The van der Waals surface area contributed by atoms with Crippen LogP contribution in [0.2, 0.25) is 0 Å². The Bertz CT molecular complexity index is 794. The molecule has 2 aromatic rings. The Kier molecular flexibility index (Phi) is 4.82. The van der Waals surface area contributed by atoms with E-state index in [2.05, 4.69) is 15.5 Å². The zero-order chi connectivity index (χ0) is 17.9. The van der Waals surface area contributed by atoms with Gasteiger partial charge in [0.1, 0.15) is 0 Å².